The van der Waals surface area contributed by atoms with Gasteiger partial charge in [-0.1, -0.05) is 12.1 Å². The Morgan fingerprint density at radius 2 is 1.91 bits per heavy atom. The molecule has 5 aromatic rings. The number of nitrogen functional groups attached to an aromatic ring is 1. The molecule has 0 unspecified atom stereocenters. The van der Waals surface area contributed by atoms with E-state index in [9.17, 15) is 18.8 Å². The quantitative estimate of drug-likeness (QED) is 0.256. The molecule has 2 aromatic carbocycles. The van der Waals surface area contributed by atoms with Crippen molar-refractivity contribution in [3.63, 3.8) is 0 Å². The number of fused-ring (bicyclic) bond motifs is 2. The van der Waals surface area contributed by atoms with Crippen molar-refractivity contribution >= 4 is 34.2 Å². The zero-order valence-corrected chi connectivity index (χ0v) is 26.1. The van der Waals surface area contributed by atoms with Gasteiger partial charge in [0.15, 0.2) is 5.82 Å². The van der Waals surface area contributed by atoms with Gasteiger partial charge >= 0.3 is 0 Å². The Morgan fingerprint density at radius 1 is 1.11 bits per heavy atom. The highest BCUT2D eigenvalue weighted by Crippen LogP contribution is 2.41. The number of amides is 2. The highest BCUT2D eigenvalue weighted by atomic mass is 19.1. The van der Waals surface area contributed by atoms with Crippen LogP contribution in [0.3, 0.4) is 0 Å². The Balaban J connectivity index is 1.19. The lowest BCUT2D eigenvalue weighted by Crippen LogP contribution is -2.39. The normalized spacial score (nSPS) is 17.6. The van der Waals surface area contributed by atoms with Crippen LogP contribution in [0.4, 0.5) is 15.9 Å². The van der Waals surface area contributed by atoms with Crippen LogP contribution in [-0.4, -0.2) is 55.2 Å². The average molecular weight is 636 g/mol. The molecule has 2 saturated heterocycles. The van der Waals surface area contributed by atoms with E-state index < -0.39 is 17.3 Å². The molecule has 12 heteroatoms. The van der Waals surface area contributed by atoms with Gasteiger partial charge in [-0.05, 0) is 91.3 Å². The molecule has 3 aromatic heterocycles. The third kappa shape index (κ3) is 5.49. The second-order valence-corrected chi connectivity index (χ2v) is 12.0. The lowest BCUT2D eigenvalue weighted by molar-refractivity contribution is -0.129. The number of nitrogens with one attached hydrogen (secondary N) is 1. The van der Waals surface area contributed by atoms with E-state index >= 15 is 0 Å². The van der Waals surface area contributed by atoms with Gasteiger partial charge < -0.3 is 20.7 Å². The fraction of sp³-hybridized carbons (Fsp3) is 0.286. The van der Waals surface area contributed by atoms with Gasteiger partial charge in [-0.15, -0.1) is 0 Å². The highest BCUT2D eigenvalue weighted by molar-refractivity contribution is 6.06. The van der Waals surface area contributed by atoms with Gasteiger partial charge in [-0.25, -0.2) is 9.37 Å². The summed E-state index contributed by atoms with van der Waals surface area (Å²) in [5.74, 6) is 0.0948. The van der Waals surface area contributed by atoms with Crippen molar-refractivity contribution in [2.45, 2.75) is 44.6 Å². The summed E-state index contributed by atoms with van der Waals surface area (Å²) in [6.45, 7) is 2.77. The Labute approximate surface area is 269 Å². The Hall–Kier alpha value is -5.52. The number of carbonyl (C=O) groups excluding carboxylic acids is 2. The van der Waals surface area contributed by atoms with E-state index in [4.69, 9.17) is 10.5 Å². The lowest BCUT2D eigenvalue weighted by Gasteiger charge is -2.35. The van der Waals surface area contributed by atoms with Crippen LogP contribution >= 0.6 is 0 Å². The van der Waals surface area contributed by atoms with Crippen molar-refractivity contribution in [1.29, 1.82) is 0 Å². The SMILES string of the molecule is CCOc1ccn(-c2ccc(F)cn2)c(=O)c1C(=O)Nc1ccc(-c2cc([C@@H]3CCN4C(=O)CC[C@@H]4C3)cc3c2c(N)nn3C)cc1. The standard InChI is InChI=1S/C35H34FN7O4/c1-3-47-28-13-15-43(29-10-6-23(36)19-38-29)35(46)32(28)34(45)39-24-7-4-20(5-8-24)26-17-22(18-27-31(26)33(37)40-41(27)2)21-12-14-42-25(16-21)9-11-30(42)44/h4-8,10,13,15,17-19,21,25H,3,9,11-12,14,16H2,1-2H3,(H2,37,40)(H,39,45)/t21-,25-/m1/s1. The predicted molar refractivity (Wildman–Crippen MR) is 176 cm³/mol. The molecule has 0 aliphatic carbocycles. The third-order valence-corrected chi connectivity index (χ3v) is 9.19. The summed E-state index contributed by atoms with van der Waals surface area (Å²) in [5.41, 5.74) is 9.97. The smallest absolute Gasteiger partial charge is 0.272 e. The maximum Gasteiger partial charge on any atom is 0.272 e. The Morgan fingerprint density at radius 3 is 2.66 bits per heavy atom. The molecule has 2 fully saturated rings. The molecule has 0 radical (unpaired) electrons. The van der Waals surface area contributed by atoms with Crippen LogP contribution in [0.1, 0.15) is 54.4 Å². The molecule has 3 N–H and O–H groups in total. The van der Waals surface area contributed by atoms with Gasteiger partial charge in [-0.2, -0.15) is 5.10 Å². The highest BCUT2D eigenvalue weighted by Gasteiger charge is 2.37. The van der Waals surface area contributed by atoms with Gasteiger partial charge in [0.2, 0.25) is 5.91 Å². The van der Waals surface area contributed by atoms with Gasteiger partial charge in [0.25, 0.3) is 11.5 Å². The molecule has 7 rings (SSSR count). The molecule has 0 saturated carbocycles. The first-order valence-corrected chi connectivity index (χ1v) is 15.7. The van der Waals surface area contributed by atoms with Gasteiger partial charge in [-0.3, -0.25) is 23.6 Å². The number of ether oxygens (including phenoxy) is 1. The second-order valence-electron chi connectivity index (χ2n) is 12.0. The number of hydrogen-bond donors (Lipinski definition) is 2. The summed E-state index contributed by atoms with van der Waals surface area (Å²) in [7, 11) is 1.88. The number of pyridine rings is 2. The number of nitrogens with zero attached hydrogens (tertiary/aromatic N) is 5. The van der Waals surface area contributed by atoms with Crippen LogP contribution in [0.2, 0.25) is 0 Å². The second kappa shape index (κ2) is 12.0. The molecule has 2 amide bonds. The first-order valence-electron chi connectivity index (χ1n) is 15.7. The van der Waals surface area contributed by atoms with Gasteiger partial charge in [0.05, 0.1) is 23.7 Å². The fourth-order valence-corrected chi connectivity index (χ4v) is 6.91. The molecule has 47 heavy (non-hydrogen) atoms. The minimum Gasteiger partial charge on any atom is -0.493 e. The zero-order chi connectivity index (χ0) is 32.8. The molecule has 0 bridgehead atoms. The maximum atomic E-state index is 13.5. The minimum atomic E-state index is -0.653. The largest absolute Gasteiger partial charge is 0.493 e. The van der Waals surface area contributed by atoms with Crippen molar-refractivity contribution in [2.75, 3.05) is 24.2 Å². The molecule has 2 aliphatic heterocycles. The van der Waals surface area contributed by atoms with E-state index in [2.05, 4.69) is 27.5 Å². The number of piperidine rings is 1. The molecular formula is C35H34FN7O4. The van der Waals surface area contributed by atoms with Crippen LogP contribution in [-0.2, 0) is 11.8 Å². The molecule has 2 atom stereocenters. The first-order chi connectivity index (χ1) is 22.7. The van der Waals surface area contributed by atoms with E-state index in [-0.39, 0.29) is 35.7 Å². The zero-order valence-electron chi connectivity index (χ0n) is 26.1. The maximum absolute atomic E-state index is 13.5. The third-order valence-electron chi connectivity index (χ3n) is 9.19. The fourth-order valence-electron chi connectivity index (χ4n) is 6.91. The van der Waals surface area contributed by atoms with Crippen molar-refractivity contribution in [2.24, 2.45) is 7.05 Å². The van der Waals surface area contributed by atoms with Crippen LogP contribution in [0.5, 0.6) is 5.75 Å². The Kier molecular flexibility index (Phi) is 7.70. The number of nitrogens with two attached hydrogens (primary N) is 1. The topological polar surface area (TPSA) is 137 Å². The summed E-state index contributed by atoms with van der Waals surface area (Å²) in [6, 6.07) is 16.0. The monoisotopic (exact) mass is 635 g/mol. The van der Waals surface area contributed by atoms with Crippen LogP contribution < -0.4 is 21.3 Å². The lowest BCUT2D eigenvalue weighted by atomic mass is 9.83. The van der Waals surface area contributed by atoms with Crippen LogP contribution in [0.25, 0.3) is 27.8 Å². The number of anilines is 2. The van der Waals surface area contributed by atoms with Crippen molar-refractivity contribution in [1.82, 2.24) is 24.2 Å². The number of aryl methyl sites for hydroxylation is 1. The van der Waals surface area contributed by atoms with Gasteiger partial charge in [0, 0.05) is 37.9 Å². The first kappa shape index (κ1) is 30.2. The molecule has 11 nitrogen and oxygen atoms in total. The number of carbonyl (C=O) groups is 2. The predicted octanol–water partition coefficient (Wildman–Crippen LogP) is 5.03. The minimum absolute atomic E-state index is 0.129. The van der Waals surface area contributed by atoms with E-state index in [1.54, 1.807) is 23.7 Å². The molecule has 5 heterocycles. The number of rotatable bonds is 7. The van der Waals surface area contributed by atoms with E-state index in [0.29, 0.717) is 23.8 Å². The van der Waals surface area contributed by atoms with Crippen LogP contribution in [0, 0.1) is 5.82 Å². The van der Waals surface area contributed by atoms with E-state index in [1.165, 1.54) is 34.5 Å². The number of halogens is 1. The summed E-state index contributed by atoms with van der Waals surface area (Å²) in [5, 5.41) is 8.17. The van der Waals surface area contributed by atoms with Crippen molar-refractivity contribution in [3.8, 4) is 22.7 Å². The van der Waals surface area contributed by atoms with Crippen molar-refractivity contribution in [3.05, 3.63) is 94.3 Å². The molecule has 2 aliphatic rings. The van der Waals surface area contributed by atoms with E-state index in [1.807, 2.05) is 24.1 Å². The molecular weight excluding hydrogens is 601 g/mol. The summed E-state index contributed by atoms with van der Waals surface area (Å²) in [4.78, 5) is 45.3. The van der Waals surface area contributed by atoms with Crippen molar-refractivity contribution < 1.29 is 18.7 Å². The number of hydrogen-bond acceptors (Lipinski definition) is 7. The molecule has 0 spiro atoms. The average Bonchev–Trinajstić information content (AvgIpc) is 3.59. The van der Waals surface area contributed by atoms with E-state index in [0.717, 1.165) is 54.0 Å². The summed E-state index contributed by atoms with van der Waals surface area (Å²) < 4.78 is 22.0. The molecule has 240 valence electrons. The number of benzene rings is 2. The van der Waals surface area contributed by atoms with Gasteiger partial charge in [0.1, 0.15) is 22.9 Å². The number of aromatic nitrogens is 4. The summed E-state index contributed by atoms with van der Waals surface area (Å²) >= 11 is 0. The summed E-state index contributed by atoms with van der Waals surface area (Å²) in [6.07, 6.45) is 5.80. The van der Waals surface area contributed by atoms with Crippen LogP contribution in [0.15, 0.2) is 71.8 Å². The Bertz CT molecular complexity index is 2070.